The molecule has 0 saturated heterocycles. The second-order valence-electron chi connectivity index (χ2n) is 4.71. The molecule has 0 bridgehead atoms. The summed E-state index contributed by atoms with van der Waals surface area (Å²) in [6.07, 6.45) is 4.03. The first-order chi connectivity index (χ1) is 9.19. The Morgan fingerprint density at radius 3 is 2.16 bits per heavy atom. The average molecular weight is 249 g/mol. The van der Waals surface area contributed by atoms with E-state index in [2.05, 4.69) is 43.1 Å². The molecule has 0 N–H and O–H groups in total. The van der Waals surface area contributed by atoms with E-state index in [1.165, 1.54) is 16.7 Å². The second-order valence-corrected chi connectivity index (χ2v) is 4.71. The molecule has 0 saturated carbocycles. The van der Waals surface area contributed by atoms with Gasteiger partial charge in [0.1, 0.15) is 0 Å². The number of para-hydroxylation sites is 1. The lowest BCUT2D eigenvalue weighted by atomic mass is 10.0. The summed E-state index contributed by atoms with van der Waals surface area (Å²) in [5, 5.41) is 0. The number of hydrogen-bond donors (Lipinski definition) is 0. The highest BCUT2D eigenvalue weighted by atomic mass is 14.7. The summed E-state index contributed by atoms with van der Waals surface area (Å²) < 4.78 is 0. The fourth-order valence-electron chi connectivity index (χ4n) is 2.12. The largest absolute Gasteiger partial charge is 0.256 e. The topological polar surface area (TPSA) is 12.4 Å². The molecule has 2 rings (SSSR count). The van der Waals surface area contributed by atoms with Gasteiger partial charge in [-0.15, -0.1) is 0 Å². The molecule has 0 aliphatic heterocycles. The molecule has 96 valence electrons. The molecule has 0 unspecified atom stereocenters. The molecule has 1 nitrogen and oxygen atoms in total. The second kappa shape index (κ2) is 6.14. The van der Waals surface area contributed by atoms with Gasteiger partial charge in [0.15, 0.2) is 0 Å². The molecule has 0 aromatic heterocycles. The Morgan fingerprint density at radius 2 is 1.58 bits per heavy atom. The predicted molar refractivity (Wildman–Crippen MR) is 84.2 cm³/mol. The van der Waals surface area contributed by atoms with Gasteiger partial charge in [0.05, 0.1) is 5.69 Å². The number of rotatable bonds is 3. The van der Waals surface area contributed by atoms with Crippen molar-refractivity contribution in [2.75, 3.05) is 0 Å². The van der Waals surface area contributed by atoms with E-state index in [0.717, 1.165) is 11.3 Å². The standard InChI is InChI=1S/C18H19N/c1-4-16(13-19-18-8-6-5-7-9-18)17-11-14(2)10-15(3)12-17/h4-13H,1-3H3/b16-4+,19-13?. The molecule has 2 aromatic carbocycles. The van der Waals surface area contributed by atoms with Crippen LogP contribution in [-0.4, -0.2) is 6.21 Å². The van der Waals surface area contributed by atoms with Gasteiger partial charge in [-0.05, 0) is 44.0 Å². The lowest BCUT2D eigenvalue weighted by molar-refractivity contribution is 1.37. The van der Waals surface area contributed by atoms with Crippen LogP contribution >= 0.6 is 0 Å². The van der Waals surface area contributed by atoms with Crippen molar-refractivity contribution in [1.29, 1.82) is 0 Å². The highest BCUT2D eigenvalue weighted by Crippen LogP contribution is 2.18. The molecule has 0 fully saturated rings. The van der Waals surface area contributed by atoms with Crippen LogP contribution in [0.2, 0.25) is 0 Å². The average Bonchev–Trinajstić information content (AvgIpc) is 2.39. The van der Waals surface area contributed by atoms with Gasteiger partial charge in [-0.3, -0.25) is 4.99 Å². The number of benzene rings is 2. The van der Waals surface area contributed by atoms with E-state index < -0.39 is 0 Å². The van der Waals surface area contributed by atoms with Crippen molar-refractivity contribution in [1.82, 2.24) is 0 Å². The fraction of sp³-hybridized carbons (Fsp3) is 0.167. The number of aliphatic imine (C=N–C) groups is 1. The summed E-state index contributed by atoms with van der Waals surface area (Å²) in [7, 11) is 0. The number of nitrogens with zero attached hydrogens (tertiary/aromatic N) is 1. The molecular weight excluding hydrogens is 230 g/mol. The van der Waals surface area contributed by atoms with Crippen LogP contribution in [0.5, 0.6) is 0 Å². The lowest BCUT2D eigenvalue weighted by Crippen LogP contribution is -1.88. The Bertz CT molecular complexity index is 587. The third-order valence-corrected chi connectivity index (χ3v) is 2.97. The third-order valence-electron chi connectivity index (χ3n) is 2.97. The van der Waals surface area contributed by atoms with Crippen molar-refractivity contribution in [3.8, 4) is 0 Å². The molecular formula is C18H19N. The SMILES string of the molecule is C/C=C(\C=Nc1ccccc1)c1cc(C)cc(C)c1. The van der Waals surface area contributed by atoms with Crippen molar-refractivity contribution >= 4 is 17.5 Å². The summed E-state index contributed by atoms with van der Waals surface area (Å²) >= 11 is 0. The van der Waals surface area contributed by atoms with Crippen LogP contribution in [0.4, 0.5) is 5.69 Å². The van der Waals surface area contributed by atoms with Crippen molar-refractivity contribution in [3.63, 3.8) is 0 Å². The molecule has 0 spiro atoms. The summed E-state index contributed by atoms with van der Waals surface area (Å²) in [6.45, 7) is 6.29. The first-order valence-electron chi connectivity index (χ1n) is 6.53. The molecule has 0 atom stereocenters. The minimum atomic E-state index is 0.978. The first-order valence-corrected chi connectivity index (χ1v) is 6.53. The van der Waals surface area contributed by atoms with Gasteiger partial charge in [-0.2, -0.15) is 0 Å². The van der Waals surface area contributed by atoms with E-state index in [1.54, 1.807) is 0 Å². The van der Waals surface area contributed by atoms with Crippen LogP contribution in [0.1, 0.15) is 23.6 Å². The van der Waals surface area contributed by atoms with E-state index in [0.29, 0.717) is 0 Å². The highest BCUT2D eigenvalue weighted by molar-refractivity contribution is 6.10. The molecule has 0 radical (unpaired) electrons. The van der Waals surface area contributed by atoms with Gasteiger partial charge in [0.2, 0.25) is 0 Å². The van der Waals surface area contributed by atoms with Crippen molar-refractivity contribution in [2.24, 2.45) is 4.99 Å². The maximum Gasteiger partial charge on any atom is 0.0629 e. The van der Waals surface area contributed by atoms with E-state index in [1.807, 2.05) is 43.5 Å². The Hall–Kier alpha value is -2.15. The zero-order chi connectivity index (χ0) is 13.7. The zero-order valence-electron chi connectivity index (χ0n) is 11.7. The zero-order valence-corrected chi connectivity index (χ0v) is 11.7. The lowest BCUT2D eigenvalue weighted by Gasteiger charge is -2.05. The highest BCUT2D eigenvalue weighted by Gasteiger charge is 2.00. The van der Waals surface area contributed by atoms with Crippen LogP contribution in [-0.2, 0) is 0 Å². The Kier molecular flexibility index (Phi) is 4.30. The maximum atomic E-state index is 4.52. The monoisotopic (exact) mass is 249 g/mol. The Balaban J connectivity index is 2.29. The van der Waals surface area contributed by atoms with Crippen LogP contribution in [0.15, 0.2) is 59.6 Å². The third kappa shape index (κ3) is 3.65. The molecule has 19 heavy (non-hydrogen) atoms. The number of aryl methyl sites for hydroxylation is 2. The van der Waals surface area contributed by atoms with Gasteiger partial charge < -0.3 is 0 Å². The van der Waals surface area contributed by atoms with Gasteiger partial charge in [-0.25, -0.2) is 0 Å². The van der Waals surface area contributed by atoms with Crippen LogP contribution in [0.3, 0.4) is 0 Å². The van der Waals surface area contributed by atoms with Gasteiger partial charge in [-0.1, -0.05) is 53.6 Å². The smallest absolute Gasteiger partial charge is 0.0629 e. The van der Waals surface area contributed by atoms with Gasteiger partial charge in [0.25, 0.3) is 0 Å². The summed E-state index contributed by atoms with van der Waals surface area (Å²) in [4.78, 5) is 4.52. The van der Waals surface area contributed by atoms with Crippen LogP contribution in [0.25, 0.3) is 5.57 Å². The van der Waals surface area contributed by atoms with E-state index in [4.69, 9.17) is 0 Å². The van der Waals surface area contributed by atoms with Gasteiger partial charge in [0, 0.05) is 6.21 Å². The molecule has 2 aromatic rings. The van der Waals surface area contributed by atoms with Crippen LogP contribution < -0.4 is 0 Å². The van der Waals surface area contributed by atoms with E-state index in [-0.39, 0.29) is 0 Å². The predicted octanol–water partition coefficient (Wildman–Crippen LogP) is 5.11. The van der Waals surface area contributed by atoms with Crippen molar-refractivity contribution in [2.45, 2.75) is 20.8 Å². The quantitative estimate of drug-likeness (QED) is 0.670. The Labute approximate surface area is 115 Å². The molecule has 1 heteroatoms. The fourth-order valence-corrected chi connectivity index (χ4v) is 2.12. The molecule has 0 heterocycles. The van der Waals surface area contributed by atoms with Crippen LogP contribution in [0, 0.1) is 13.8 Å². The minimum Gasteiger partial charge on any atom is -0.256 e. The minimum absolute atomic E-state index is 0.978. The molecule has 0 aliphatic carbocycles. The van der Waals surface area contributed by atoms with Crippen molar-refractivity contribution in [3.05, 3.63) is 71.3 Å². The Morgan fingerprint density at radius 1 is 0.947 bits per heavy atom. The first kappa shape index (κ1) is 13.3. The van der Waals surface area contributed by atoms with Crippen molar-refractivity contribution < 1.29 is 0 Å². The van der Waals surface area contributed by atoms with E-state index in [9.17, 15) is 0 Å². The normalized spacial score (nSPS) is 12.1. The van der Waals surface area contributed by atoms with Gasteiger partial charge >= 0.3 is 0 Å². The van der Waals surface area contributed by atoms with E-state index >= 15 is 0 Å². The maximum absolute atomic E-state index is 4.52. The summed E-state index contributed by atoms with van der Waals surface area (Å²) in [5.74, 6) is 0. The number of hydrogen-bond acceptors (Lipinski definition) is 1. The number of allylic oxidation sites excluding steroid dienone is 2. The molecule has 0 amide bonds. The summed E-state index contributed by atoms with van der Waals surface area (Å²) in [6, 6.07) is 16.6. The summed E-state index contributed by atoms with van der Waals surface area (Å²) in [5.41, 5.74) is 5.91. The molecule has 0 aliphatic rings.